The fourth-order valence-corrected chi connectivity index (χ4v) is 2.41. The van der Waals surface area contributed by atoms with Crippen LogP contribution in [0.2, 0.25) is 0 Å². The molecule has 0 saturated carbocycles. The third-order valence-electron chi connectivity index (χ3n) is 3.85. The number of aliphatic carboxylic acids is 1. The van der Waals surface area contributed by atoms with Crippen LogP contribution in [-0.2, 0) is 4.79 Å². The Morgan fingerprint density at radius 1 is 1.13 bits per heavy atom. The molecule has 1 aromatic heterocycles. The number of nitrogens with zero attached hydrogens (tertiary/aromatic N) is 2. The zero-order valence-electron chi connectivity index (χ0n) is 13.3. The van der Waals surface area contributed by atoms with Crippen molar-refractivity contribution in [1.29, 1.82) is 5.26 Å². The second kappa shape index (κ2) is 6.49. The quantitative estimate of drug-likeness (QED) is 0.940. The number of rotatable bonds is 4. The van der Waals surface area contributed by atoms with Crippen LogP contribution in [0.3, 0.4) is 0 Å². The van der Waals surface area contributed by atoms with E-state index in [0.717, 1.165) is 15.7 Å². The maximum absolute atomic E-state index is 12.4. The maximum Gasteiger partial charge on any atom is 0.326 e. The standard InChI is InChI=1S/C18H18N2O3/c1-11(2)13-4-6-14(7-5-13)16-9-8-15(10-19)17(21)20(16)12(3)18(22)23/h4-9,11-12H,1-3H3,(H,22,23). The van der Waals surface area contributed by atoms with E-state index >= 15 is 0 Å². The second-order valence-electron chi connectivity index (χ2n) is 5.71. The third-order valence-corrected chi connectivity index (χ3v) is 3.85. The van der Waals surface area contributed by atoms with Crippen molar-refractivity contribution in [2.75, 3.05) is 0 Å². The summed E-state index contributed by atoms with van der Waals surface area (Å²) >= 11 is 0. The van der Waals surface area contributed by atoms with Gasteiger partial charge in [0.2, 0.25) is 0 Å². The van der Waals surface area contributed by atoms with Crippen LogP contribution in [0, 0.1) is 11.3 Å². The molecule has 0 saturated heterocycles. The van der Waals surface area contributed by atoms with Gasteiger partial charge in [-0.15, -0.1) is 0 Å². The first kappa shape index (κ1) is 16.5. The van der Waals surface area contributed by atoms with Gasteiger partial charge < -0.3 is 5.11 Å². The summed E-state index contributed by atoms with van der Waals surface area (Å²) in [5.74, 6) is -0.743. The molecule has 118 valence electrons. The van der Waals surface area contributed by atoms with Gasteiger partial charge in [0.25, 0.3) is 5.56 Å². The summed E-state index contributed by atoms with van der Waals surface area (Å²) in [6.07, 6.45) is 0. The van der Waals surface area contributed by atoms with Crippen molar-refractivity contribution in [2.24, 2.45) is 0 Å². The van der Waals surface area contributed by atoms with Crippen molar-refractivity contribution in [3.8, 4) is 17.3 Å². The van der Waals surface area contributed by atoms with E-state index in [2.05, 4.69) is 13.8 Å². The number of nitriles is 1. The van der Waals surface area contributed by atoms with Gasteiger partial charge in [-0.3, -0.25) is 9.36 Å². The molecular formula is C18H18N2O3. The Balaban J connectivity index is 2.67. The van der Waals surface area contributed by atoms with E-state index in [1.807, 2.05) is 24.3 Å². The van der Waals surface area contributed by atoms with Gasteiger partial charge in [-0.05, 0) is 36.1 Å². The smallest absolute Gasteiger partial charge is 0.326 e. The van der Waals surface area contributed by atoms with Gasteiger partial charge >= 0.3 is 5.97 Å². The number of aromatic nitrogens is 1. The van der Waals surface area contributed by atoms with Crippen molar-refractivity contribution < 1.29 is 9.90 Å². The average Bonchev–Trinajstić information content (AvgIpc) is 2.53. The molecule has 1 N–H and O–H groups in total. The number of carbonyl (C=O) groups is 1. The minimum Gasteiger partial charge on any atom is -0.480 e. The van der Waals surface area contributed by atoms with Crippen molar-refractivity contribution in [3.63, 3.8) is 0 Å². The molecule has 1 atom stereocenters. The SMILES string of the molecule is CC(C)c1ccc(-c2ccc(C#N)c(=O)n2C(C)C(=O)O)cc1. The first-order valence-electron chi connectivity index (χ1n) is 7.35. The number of benzene rings is 1. The zero-order chi connectivity index (χ0) is 17.1. The number of pyridine rings is 1. The van der Waals surface area contributed by atoms with E-state index in [1.165, 1.54) is 13.0 Å². The molecule has 0 aliphatic rings. The molecule has 2 aromatic rings. The summed E-state index contributed by atoms with van der Waals surface area (Å²) in [6.45, 7) is 5.59. The highest BCUT2D eigenvalue weighted by Gasteiger charge is 2.20. The fraction of sp³-hybridized carbons (Fsp3) is 0.278. The molecule has 1 aromatic carbocycles. The van der Waals surface area contributed by atoms with Crippen LogP contribution in [0.1, 0.15) is 43.9 Å². The van der Waals surface area contributed by atoms with Gasteiger partial charge in [0.1, 0.15) is 17.7 Å². The van der Waals surface area contributed by atoms with E-state index in [9.17, 15) is 14.7 Å². The number of hydrogen-bond acceptors (Lipinski definition) is 3. The van der Waals surface area contributed by atoms with Crippen molar-refractivity contribution in [1.82, 2.24) is 4.57 Å². The largest absolute Gasteiger partial charge is 0.480 e. The molecule has 5 heteroatoms. The molecule has 1 unspecified atom stereocenters. The van der Waals surface area contributed by atoms with Crippen LogP contribution >= 0.6 is 0 Å². The van der Waals surface area contributed by atoms with Crippen LogP contribution in [0.5, 0.6) is 0 Å². The lowest BCUT2D eigenvalue weighted by molar-refractivity contribution is -0.140. The van der Waals surface area contributed by atoms with Gasteiger partial charge in [-0.25, -0.2) is 4.79 Å². The Kier molecular flexibility index (Phi) is 4.65. The van der Waals surface area contributed by atoms with E-state index in [-0.39, 0.29) is 5.56 Å². The average molecular weight is 310 g/mol. The third kappa shape index (κ3) is 3.16. The Morgan fingerprint density at radius 2 is 1.74 bits per heavy atom. The van der Waals surface area contributed by atoms with E-state index in [4.69, 9.17) is 5.26 Å². The summed E-state index contributed by atoms with van der Waals surface area (Å²) in [4.78, 5) is 23.7. The molecule has 5 nitrogen and oxygen atoms in total. The van der Waals surface area contributed by atoms with Crippen molar-refractivity contribution >= 4 is 5.97 Å². The minimum atomic E-state index is -1.12. The highest BCUT2D eigenvalue weighted by Crippen LogP contribution is 2.24. The second-order valence-corrected chi connectivity index (χ2v) is 5.71. The van der Waals surface area contributed by atoms with Crippen LogP contribution in [0.25, 0.3) is 11.3 Å². The summed E-state index contributed by atoms with van der Waals surface area (Å²) in [6, 6.07) is 11.4. The van der Waals surface area contributed by atoms with Gasteiger partial charge in [-0.2, -0.15) is 5.26 Å². The van der Waals surface area contributed by atoms with E-state index in [0.29, 0.717) is 11.6 Å². The highest BCUT2D eigenvalue weighted by atomic mass is 16.4. The number of hydrogen-bond donors (Lipinski definition) is 1. The molecular weight excluding hydrogens is 292 g/mol. The topological polar surface area (TPSA) is 83.1 Å². The minimum absolute atomic E-state index is 0.0688. The Labute approximate surface area is 134 Å². The normalized spacial score (nSPS) is 12.0. The Hall–Kier alpha value is -2.87. The maximum atomic E-state index is 12.4. The van der Waals surface area contributed by atoms with Crippen molar-refractivity contribution in [3.05, 3.63) is 57.9 Å². The summed E-state index contributed by atoms with van der Waals surface area (Å²) in [5.41, 5.74) is 1.72. The van der Waals surface area contributed by atoms with Gasteiger partial charge in [-0.1, -0.05) is 38.1 Å². The first-order chi connectivity index (χ1) is 10.9. The molecule has 1 heterocycles. The predicted octanol–water partition coefficient (Wildman–Crippen LogP) is 3.16. The van der Waals surface area contributed by atoms with Crippen LogP contribution in [0.4, 0.5) is 0 Å². The fourth-order valence-electron chi connectivity index (χ4n) is 2.41. The first-order valence-corrected chi connectivity index (χ1v) is 7.35. The molecule has 0 aliphatic carbocycles. The van der Waals surface area contributed by atoms with Gasteiger partial charge in [0.15, 0.2) is 0 Å². The summed E-state index contributed by atoms with van der Waals surface area (Å²) < 4.78 is 1.16. The lowest BCUT2D eigenvalue weighted by atomic mass is 10.00. The molecule has 23 heavy (non-hydrogen) atoms. The summed E-state index contributed by atoms with van der Waals surface area (Å²) in [7, 11) is 0. The number of carboxylic acids is 1. The zero-order valence-corrected chi connectivity index (χ0v) is 13.3. The van der Waals surface area contributed by atoms with E-state index < -0.39 is 17.6 Å². The molecule has 0 amide bonds. The lowest BCUT2D eigenvalue weighted by Gasteiger charge is -2.17. The highest BCUT2D eigenvalue weighted by molar-refractivity contribution is 5.73. The molecule has 0 aliphatic heterocycles. The molecule has 0 fully saturated rings. The molecule has 0 bridgehead atoms. The summed E-state index contributed by atoms with van der Waals surface area (Å²) in [5, 5.41) is 18.3. The van der Waals surface area contributed by atoms with Crippen molar-refractivity contribution in [2.45, 2.75) is 32.7 Å². The predicted molar refractivity (Wildman–Crippen MR) is 87.3 cm³/mol. The Bertz CT molecular complexity index is 827. The van der Waals surface area contributed by atoms with E-state index in [1.54, 1.807) is 12.1 Å². The van der Waals surface area contributed by atoms with Gasteiger partial charge in [0, 0.05) is 0 Å². The monoisotopic (exact) mass is 310 g/mol. The number of carboxylic acid groups (broad SMARTS) is 1. The lowest BCUT2D eigenvalue weighted by Crippen LogP contribution is -2.30. The van der Waals surface area contributed by atoms with Gasteiger partial charge in [0.05, 0.1) is 5.69 Å². The van der Waals surface area contributed by atoms with Crippen LogP contribution < -0.4 is 5.56 Å². The Morgan fingerprint density at radius 3 is 2.22 bits per heavy atom. The van der Waals surface area contributed by atoms with Crippen LogP contribution in [0.15, 0.2) is 41.2 Å². The molecule has 0 spiro atoms. The van der Waals surface area contributed by atoms with Crippen LogP contribution in [-0.4, -0.2) is 15.6 Å². The molecule has 0 radical (unpaired) electrons. The molecule has 2 rings (SSSR count).